The summed E-state index contributed by atoms with van der Waals surface area (Å²) in [5, 5.41) is 0. The third kappa shape index (κ3) is 1.96. The average molecular weight is 198 g/mol. The second-order valence-electron chi connectivity index (χ2n) is 4.82. The van der Waals surface area contributed by atoms with Crippen LogP contribution in [0.15, 0.2) is 0 Å². The van der Waals surface area contributed by atoms with E-state index in [1.54, 1.807) is 0 Å². The first kappa shape index (κ1) is 10.4. The van der Waals surface area contributed by atoms with Gasteiger partial charge in [0, 0.05) is 14.2 Å². The van der Waals surface area contributed by atoms with Crippen LogP contribution < -0.4 is 0 Å². The Balaban J connectivity index is 1.98. The average Bonchev–Trinajstić information content (AvgIpc) is 2.27. The van der Waals surface area contributed by atoms with E-state index in [1.807, 2.05) is 14.2 Å². The van der Waals surface area contributed by atoms with Crippen molar-refractivity contribution in [2.75, 3.05) is 14.2 Å². The quantitative estimate of drug-likeness (QED) is 0.679. The molecular formula is C12H22O2. The molecule has 0 saturated heterocycles. The third-order valence-corrected chi connectivity index (χ3v) is 4.16. The van der Waals surface area contributed by atoms with Crippen molar-refractivity contribution in [3.8, 4) is 0 Å². The first-order valence-electron chi connectivity index (χ1n) is 5.90. The number of hydrogen-bond donors (Lipinski definition) is 0. The summed E-state index contributed by atoms with van der Waals surface area (Å²) in [5.74, 6) is 1.83. The normalized spacial score (nSPS) is 43.3. The molecule has 2 heteroatoms. The van der Waals surface area contributed by atoms with E-state index in [9.17, 15) is 0 Å². The molecule has 0 amide bonds. The van der Waals surface area contributed by atoms with Crippen molar-refractivity contribution in [1.82, 2.24) is 0 Å². The van der Waals surface area contributed by atoms with Crippen LogP contribution in [0.1, 0.15) is 38.5 Å². The Morgan fingerprint density at radius 2 is 1.21 bits per heavy atom. The minimum atomic E-state index is 0.347. The molecule has 0 spiro atoms. The summed E-state index contributed by atoms with van der Waals surface area (Å²) in [4.78, 5) is 0. The van der Waals surface area contributed by atoms with Gasteiger partial charge in [-0.1, -0.05) is 25.7 Å². The highest BCUT2D eigenvalue weighted by molar-refractivity contribution is 4.89. The molecule has 14 heavy (non-hydrogen) atoms. The summed E-state index contributed by atoms with van der Waals surface area (Å²) in [5.41, 5.74) is 0. The van der Waals surface area contributed by atoms with Crippen molar-refractivity contribution < 1.29 is 9.47 Å². The second-order valence-corrected chi connectivity index (χ2v) is 4.82. The van der Waals surface area contributed by atoms with Crippen LogP contribution in [0.25, 0.3) is 0 Å². The van der Waals surface area contributed by atoms with Crippen LogP contribution in [-0.4, -0.2) is 26.4 Å². The van der Waals surface area contributed by atoms with Crippen molar-refractivity contribution in [1.29, 1.82) is 0 Å². The Morgan fingerprint density at radius 3 is 1.57 bits per heavy atom. The molecule has 82 valence electrons. The lowest BCUT2D eigenvalue weighted by Crippen LogP contribution is -2.42. The molecule has 4 unspecified atom stereocenters. The van der Waals surface area contributed by atoms with Gasteiger partial charge in [0.1, 0.15) is 0 Å². The van der Waals surface area contributed by atoms with E-state index in [0.29, 0.717) is 12.2 Å². The summed E-state index contributed by atoms with van der Waals surface area (Å²) >= 11 is 0. The summed E-state index contributed by atoms with van der Waals surface area (Å²) in [6.07, 6.45) is 8.82. The van der Waals surface area contributed by atoms with Crippen LogP contribution >= 0.6 is 0 Å². The van der Waals surface area contributed by atoms with E-state index in [1.165, 1.54) is 38.5 Å². The molecule has 0 aromatic rings. The Morgan fingerprint density at radius 1 is 0.786 bits per heavy atom. The maximum Gasteiger partial charge on any atom is 0.0835 e. The zero-order valence-electron chi connectivity index (χ0n) is 9.37. The summed E-state index contributed by atoms with van der Waals surface area (Å²) < 4.78 is 11.0. The van der Waals surface area contributed by atoms with Crippen LogP contribution in [0.2, 0.25) is 0 Å². The molecule has 0 radical (unpaired) electrons. The van der Waals surface area contributed by atoms with Gasteiger partial charge in [0.25, 0.3) is 0 Å². The fourth-order valence-corrected chi connectivity index (χ4v) is 3.30. The molecule has 2 rings (SSSR count). The number of hydrogen-bond acceptors (Lipinski definition) is 2. The number of ether oxygens (including phenoxy) is 2. The van der Waals surface area contributed by atoms with Crippen LogP contribution in [0.5, 0.6) is 0 Å². The summed E-state index contributed by atoms with van der Waals surface area (Å²) in [6, 6.07) is 0. The fraction of sp³-hybridized carbons (Fsp3) is 1.00. The van der Waals surface area contributed by atoms with E-state index in [2.05, 4.69) is 0 Å². The van der Waals surface area contributed by atoms with Gasteiger partial charge >= 0.3 is 0 Å². The van der Waals surface area contributed by atoms with Crippen molar-refractivity contribution in [2.45, 2.75) is 50.7 Å². The van der Waals surface area contributed by atoms with Crippen molar-refractivity contribution in [2.24, 2.45) is 11.8 Å². The van der Waals surface area contributed by atoms with Gasteiger partial charge in [0.2, 0.25) is 0 Å². The zero-order chi connectivity index (χ0) is 9.97. The second kappa shape index (κ2) is 4.63. The Bertz CT molecular complexity index is 157. The summed E-state index contributed by atoms with van der Waals surface area (Å²) in [7, 11) is 3.64. The summed E-state index contributed by atoms with van der Waals surface area (Å²) in [6.45, 7) is 0. The van der Waals surface area contributed by atoms with Gasteiger partial charge in [-0.05, 0) is 24.7 Å². The highest BCUT2D eigenvalue weighted by atomic mass is 16.5. The van der Waals surface area contributed by atoms with Gasteiger partial charge < -0.3 is 9.47 Å². The molecule has 2 saturated carbocycles. The third-order valence-electron chi connectivity index (χ3n) is 4.16. The SMILES string of the molecule is COC1CC2CCCCC2CC1OC. The predicted octanol–water partition coefficient (Wildman–Crippen LogP) is 2.62. The lowest BCUT2D eigenvalue weighted by molar-refractivity contribution is -0.0934. The van der Waals surface area contributed by atoms with E-state index in [4.69, 9.17) is 9.47 Å². The van der Waals surface area contributed by atoms with Crippen LogP contribution in [-0.2, 0) is 9.47 Å². The smallest absolute Gasteiger partial charge is 0.0835 e. The molecule has 2 aliphatic rings. The van der Waals surface area contributed by atoms with Gasteiger partial charge in [0.05, 0.1) is 12.2 Å². The Kier molecular flexibility index (Phi) is 3.45. The highest BCUT2D eigenvalue weighted by Crippen LogP contribution is 2.41. The fourth-order valence-electron chi connectivity index (χ4n) is 3.30. The first-order chi connectivity index (χ1) is 6.85. The lowest BCUT2D eigenvalue weighted by Gasteiger charge is -2.42. The largest absolute Gasteiger partial charge is 0.379 e. The predicted molar refractivity (Wildman–Crippen MR) is 56.3 cm³/mol. The lowest BCUT2D eigenvalue weighted by atomic mass is 9.69. The molecule has 0 N–H and O–H groups in total. The standard InChI is InChI=1S/C12H22O2/c1-13-11-7-9-5-3-4-6-10(9)8-12(11)14-2/h9-12H,3-8H2,1-2H3. The monoisotopic (exact) mass is 198 g/mol. The molecule has 0 heterocycles. The van der Waals surface area contributed by atoms with Gasteiger partial charge in [0.15, 0.2) is 0 Å². The van der Waals surface area contributed by atoms with Crippen molar-refractivity contribution in [3.05, 3.63) is 0 Å². The van der Waals surface area contributed by atoms with Gasteiger partial charge in [-0.2, -0.15) is 0 Å². The van der Waals surface area contributed by atoms with Crippen LogP contribution in [0.4, 0.5) is 0 Å². The number of rotatable bonds is 2. The maximum atomic E-state index is 5.52. The zero-order valence-corrected chi connectivity index (χ0v) is 9.37. The first-order valence-corrected chi connectivity index (χ1v) is 5.90. The molecule has 0 aromatic heterocycles. The van der Waals surface area contributed by atoms with Crippen molar-refractivity contribution in [3.63, 3.8) is 0 Å². The van der Waals surface area contributed by atoms with Crippen LogP contribution in [0.3, 0.4) is 0 Å². The molecule has 0 aromatic carbocycles. The molecular weight excluding hydrogens is 176 g/mol. The molecule has 0 bridgehead atoms. The van der Waals surface area contributed by atoms with E-state index in [0.717, 1.165) is 11.8 Å². The minimum Gasteiger partial charge on any atom is -0.379 e. The van der Waals surface area contributed by atoms with E-state index >= 15 is 0 Å². The topological polar surface area (TPSA) is 18.5 Å². The van der Waals surface area contributed by atoms with Crippen molar-refractivity contribution >= 4 is 0 Å². The molecule has 2 aliphatic carbocycles. The molecule has 2 fully saturated rings. The molecule has 2 nitrogen and oxygen atoms in total. The Hall–Kier alpha value is -0.0800. The van der Waals surface area contributed by atoms with E-state index < -0.39 is 0 Å². The molecule has 4 atom stereocenters. The molecule has 0 aliphatic heterocycles. The van der Waals surface area contributed by atoms with Gasteiger partial charge in [-0.15, -0.1) is 0 Å². The van der Waals surface area contributed by atoms with E-state index in [-0.39, 0.29) is 0 Å². The number of methoxy groups -OCH3 is 2. The van der Waals surface area contributed by atoms with Crippen LogP contribution in [0, 0.1) is 11.8 Å². The minimum absolute atomic E-state index is 0.347. The highest BCUT2D eigenvalue weighted by Gasteiger charge is 2.38. The number of fused-ring (bicyclic) bond motifs is 1. The Labute approximate surface area is 87.0 Å². The van der Waals surface area contributed by atoms with Gasteiger partial charge in [-0.25, -0.2) is 0 Å². The van der Waals surface area contributed by atoms with Gasteiger partial charge in [-0.3, -0.25) is 0 Å². The maximum absolute atomic E-state index is 5.52.